The van der Waals surface area contributed by atoms with Gasteiger partial charge >= 0.3 is 0 Å². The smallest absolute Gasteiger partial charge is 0.293 e. The first-order chi connectivity index (χ1) is 12.4. The van der Waals surface area contributed by atoms with E-state index in [2.05, 4.69) is 15.1 Å². The normalized spacial score (nSPS) is 20.7. The highest BCUT2D eigenvalue weighted by molar-refractivity contribution is 7.89. The van der Waals surface area contributed by atoms with Crippen LogP contribution in [-0.2, 0) is 10.0 Å². The van der Waals surface area contributed by atoms with Crippen LogP contribution in [0.1, 0.15) is 31.7 Å². The number of nitrogens with zero attached hydrogens (tertiary/aromatic N) is 3. The van der Waals surface area contributed by atoms with Gasteiger partial charge in [-0.05, 0) is 38.1 Å². The summed E-state index contributed by atoms with van der Waals surface area (Å²) in [5.74, 6) is 0. The number of sulfonamides is 1. The zero-order valence-corrected chi connectivity index (χ0v) is 15.1. The van der Waals surface area contributed by atoms with Gasteiger partial charge in [0, 0.05) is 24.5 Å². The van der Waals surface area contributed by atoms with E-state index in [0.29, 0.717) is 5.69 Å². The van der Waals surface area contributed by atoms with Crippen molar-refractivity contribution in [3.05, 3.63) is 46.8 Å². The molecule has 1 fully saturated rings. The Hall–Kier alpha value is -2.46. The van der Waals surface area contributed by atoms with Gasteiger partial charge in [-0.25, -0.2) is 13.1 Å². The first-order valence-corrected chi connectivity index (χ1v) is 9.88. The van der Waals surface area contributed by atoms with Gasteiger partial charge < -0.3 is 5.32 Å². The van der Waals surface area contributed by atoms with Crippen LogP contribution in [0.15, 0.2) is 41.6 Å². The molecule has 2 aromatic rings. The second kappa shape index (κ2) is 7.42. The van der Waals surface area contributed by atoms with Crippen LogP contribution in [0.5, 0.6) is 0 Å². The average Bonchev–Trinajstić information content (AvgIpc) is 3.16. The van der Waals surface area contributed by atoms with Crippen molar-refractivity contribution >= 4 is 21.4 Å². The Kier molecular flexibility index (Phi) is 5.23. The maximum absolute atomic E-state index is 11.9. The van der Waals surface area contributed by atoms with Crippen LogP contribution >= 0.6 is 0 Å². The van der Waals surface area contributed by atoms with Crippen LogP contribution in [0.2, 0.25) is 0 Å². The molecular weight excluding hydrogens is 358 g/mol. The predicted octanol–water partition coefficient (Wildman–Crippen LogP) is 2.30. The third-order valence-corrected chi connectivity index (χ3v) is 6.09. The minimum Gasteiger partial charge on any atom is -0.375 e. The third-order valence-electron chi connectivity index (χ3n) is 4.68. The second-order valence-corrected chi connectivity index (χ2v) is 8.12. The molecule has 26 heavy (non-hydrogen) atoms. The Balaban J connectivity index is 1.92. The van der Waals surface area contributed by atoms with Crippen molar-refractivity contribution in [2.45, 2.75) is 42.7 Å². The summed E-state index contributed by atoms with van der Waals surface area (Å²) < 4.78 is 27.9. The van der Waals surface area contributed by atoms with Gasteiger partial charge in [0.2, 0.25) is 10.0 Å². The van der Waals surface area contributed by atoms with E-state index in [-0.39, 0.29) is 22.7 Å². The zero-order valence-electron chi connectivity index (χ0n) is 14.3. The van der Waals surface area contributed by atoms with Crippen molar-refractivity contribution in [3.63, 3.8) is 0 Å². The van der Waals surface area contributed by atoms with Crippen molar-refractivity contribution in [2.24, 2.45) is 0 Å². The molecule has 0 saturated heterocycles. The summed E-state index contributed by atoms with van der Waals surface area (Å²) in [4.78, 5) is 10.8. The van der Waals surface area contributed by atoms with Gasteiger partial charge in [0.15, 0.2) is 0 Å². The van der Waals surface area contributed by atoms with Crippen molar-refractivity contribution in [3.8, 4) is 0 Å². The predicted molar refractivity (Wildman–Crippen MR) is 96.5 cm³/mol. The summed E-state index contributed by atoms with van der Waals surface area (Å²) in [5, 5.41) is 19.0. The Morgan fingerprint density at radius 3 is 2.73 bits per heavy atom. The number of benzene rings is 1. The van der Waals surface area contributed by atoms with Crippen molar-refractivity contribution in [2.75, 3.05) is 12.4 Å². The summed E-state index contributed by atoms with van der Waals surface area (Å²) >= 11 is 0. The fraction of sp³-hybridized carbons (Fsp3) is 0.438. The fourth-order valence-corrected chi connectivity index (χ4v) is 4.09. The third kappa shape index (κ3) is 3.70. The molecule has 9 nitrogen and oxygen atoms in total. The SMILES string of the molecule is CNS(=O)(=O)c1ccc(N[C@H]2CCCC[C@@H]2n2cccn2)c([N+](=O)[O-])c1. The molecule has 0 unspecified atom stereocenters. The Morgan fingerprint density at radius 2 is 2.08 bits per heavy atom. The van der Waals surface area contributed by atoms with Gasteiger partial charge in [-0.2, -0.15) is 5.10 Å². The van der Waals surface area contributed by atoms with Crippen LogP contribution in [0, 0.1) is 10.1 Å². The molecular formula is C16H21N5O4S. The van der Waals surface area contributed by atoms with E-state index >= 15 is 0 Å². The molecule has 2 atom stereocenters. The lowest BCUT2D eigenvalue weighted by atomic mass is 9.90. The van der Waals surface area contributed by atoms with Gasteiger partial charge in [-0.1, -0.05) is 12.8 Å². The van der Waals surface area contributed by atoms with Crippen LogP contribution in [0.25, 0.3) is 0 Å². The lowest BCUT2D eigenvalue weighted by molar-refractivity contribution is -0.384. The van der Waals surface area contributed by atoms with E-state index in [1.54, 1.807) is 6.20 Å². The first kappa shape index (κ1) is 18.3. The van der Waals surface area contributed by atoms with Crippen LogP contribution < -0.4 is 10.0 Å². The van der Waals surface area contributed by atoms with Gasteiger partial charge in [-0.15, -0.1) is 0 Å². The minimum atomic E-state index is -3.75. The van der Waals surface area contributed by atoms with Crippen molar-refractivity contribution in [1.29, 1.82) is 0 Å². The number of nitrogens with one attached hydrogen (secondary N) is 2. The van der Waals surface area contributed by atoms with Gasteiger partial charge in [0.05, 0.1) is 15.9 Å². The highest BCUT2D eigenvalue weighted by Crippen LogP contribution is 2.34. The molecule has 1 aliphatic rings. The summed E-state index contributed by atoms with van der Waals surface area (Å²) in [6.45, 7) is 0. The van der Waals surface area contributed by atoms with E-state index in [0.717, 1.165) is 31.7 Å². The molecule has 2 N–H and O–H groups in total. The van der Waals surface area contributed by atoms with Crippen molar-refractivity contribution in [1.82, 2.24) is 14.5 Å². The Bertz CT molecular complexity index is 882. The molecule has 1 aromatic carbocycles. The van der Waals surface area contributed by atoms with E-state index in [1.165, 1.54) is 19.2 Å². The lowest BCUT2D eigenvalue weighted by Crippen LogP contribution is -2.34. The summed E-state index contributed by atoms with van der Waals surface area (Å²) in [6.07, 6.45) is 7.49. The molecule has 10 heteroatoms. The fourth-order valence-electron chi connectivity index (χ4n) is 3.34. The van der Waals surface area contributed by atoms with Gasteiger partial charge in [0.1, 0.15) is 5.69 Å². The number of nitro groups is 1. The highest BCUT2D eigenvalue weighted by Gasteiger charge is 2.29. The average molecular weight is 379 g/mol. The van der Waals surface area contributed by atoms with Crippen molar-refractivity contribution < 1.29 is 13.3 Å². The van der Waals surface area contributed by atoms with E-state index in [1.807, 2.05) is 16.9 Å². The molecule has 1 heterocycles. The summed E-state index contributed by atoms with van der Waals surface area (Å²) in [5.41, 5.74) is 0.0558. The first-order valence-electron chi connectivity index (χ1n) is 8.40. The molecule has 0 bridgehead atoms. The number of hydrogen-bond donors (Lipinski definition) is 2. The number of aromatic nitrogens is 2. The minimum absolute atomic E-state index is 0.0193. The molecule has 0 spiro atoms. The summed E-state index contributed by atoms with van der Waals surface area (Å²) in [6, 6.07) is 5.84. The topological polar surface area (TPSA) is 119 Å². The molecule has 3 rings (SSSR count). The largest absolute Gasteiger partial charge is 0.375 e. The Labute approximate surface area is 151 Å². The molecule has 0 amide bonds. The standard InChI is InChI=1S/C16H21N5O4S/c1-17-26(24,25)12-7-8-14(16(11-12)21(22)23)19-13-5-2-3-6-15(13)20-10-4-9-18-20/h4,7-11,13,15,17,19H,2-3,5-6H2,1H3/t13-,15-/m0/s1. The maximum Gasteiger partial charge on any atom is 0.293 e. The van der Waals surface area contributed by atoms with Crippen LogP contribution in [-0.4, -0.2) is 36.2 Å². The summed E-state index contributed by atoms with van der Waals surface area (Å²) in [7, 11) is -2.48. The van der Waals surface area contributed by atoms with Crippen LogP contribution in [0.4, 0.5) is 11.4 Å². The van der Waals surface area contributed by atoms with E-state index in [4.69, 9.17) is 0 Å². The van der Waals surface area contributed by atoms with Gasteiger partial charge in [-0.3, -0.25) is 14.8 Å². The number of rotatable bonds is 6. The Morgan fingerprint density at radius 1 is 1.31 bits per heavy atom. The van der Waals surface area contributed by atoms with E-state index in [9.17, 15) is 18.5 Å². The highest BCUT2D eigenvalue weighted by atomic mass is 32.2. The number of hydrogen-bond acceptors (Lipinski definition) is 6. The molecule has 1 aliphatic carbocycles. The van der Waals surface area contributed by atoms with E-state index < -0.39 is 14.9 Å². The number of nitro benzene ring substituents is 1. The molecule has 0 aliphatic heterocycles. The molecule has 1 saturated carbocycles. The lowest BCUT2D eigenvalue weighted by Gasteiger charge is -2.33. The quantitative estimate of drug-likeness (QED) is 0.587. The number of anilines is 1. The maximum atomic E-state index is 11.9. The van der Waals surface area contributed by atoms with Gasteiger partial charge in [0.25, 0.3) is 5.69 Å². The molecule has 1 aromatic heterocycles. The monoisotopic (exact) mass is 379 g/mol. The van der Waals surface area contributed by atoms with Crippen LogP contribution in [0.3, 0.4) is 0 Å². The zero-order chi connectivity index (χ0) is 18.7. The second-order valence-electron chi connectivity index (χ2n) is 6.23. The molecule has 0 radical (unpaired) electrons. The molecule has 140 valence electrons.